The number of carbonyl (C=O) groups excluding carboxylic acids is 1. The first-order valence-corrected chi connectivity index (χ1v) is 11.6. The Morgan fingerprint density at radius 1 is 1.17 bits per heavy atom. The topological polar surface area (TPSA) is 48.1 Å². The number of carbonyl (C=O) groups is 1. The van der Waals surface area contributed by atoms with Crippen molar-refractivity contribution in [3.63, 3.8) is 0 Å². The van der Waals surface area contributed by atoms with Gasteiger partial charge in [0, 0.05) is 34.3 Å². The van der Waals surface area contributed by atoms with Crippen LogP contribution in [0.2, 0.25) is 0 Å². The van der Waals surface area contributed by atoms with Gasteiger partial charge >= 0.3 is 0 Å². The molecule has 5 heteroatoms. The van der Waals surface area contributed by atoms with Gasteiger partial charge in [0.1, 0.15) is 0 Å². The minimum Gasteiger partial charge on any atom is -0.357 e. The number of piperidine rings is 1. The molecule has 0 bridgehead atoms. The van der Waals surface area contributed by atoms with Crippen LogP contribution in [0, 0.1) is 11.3 Å². The monoisotopic (exact) mass is 405 g/mol. The van der Waals surface area contributed by atoms with Crippen molar-refractivity contribution in [3.8, 4) is 0 Å². The van der Waals surface area contributed by atoms with Gasteiger partial charge in [0.25, 0.3) is 0 Å². The fraction of sp³-hybridized carbons (Fsp3) is 0.375. The number of thioether (sulfide) groups is 1. The molecule has 1 saturated heterocycles. The molecule has 1 amide bonds. The number of hydrogen-bond acceptors (Lipinski definition) is 3. The van der Waals surface area contributed by atoms with Gasteiger partial charge in [-0.05, 0) is 85.8 Å². The van der Waals surface area contributed by atoms with Crippen LogP contribution in [0.25, 0.3) is 10.9 Å². The molecule has 1 aliphatic carbocycles. The highest BCUT2D eigenvalue weighted by Crippen LogP contribution is 2.59. The SMILES string of the molecule is CSc1ccc(NC(=O)C2CC23CCN(Cc2cc4ccccc4[nH]2)CC3)cc1. The van der Waals surface area contributed by atoms with E-state index in [4.69, 9.17) is 0 Å². The van der Waals surface area contributed by atoms with E-state index in [1.165, 1.54) is 21.5 Å². The number of hydrogen-bond donors (Lipinski definition) is 2. The first-order chi connectivity index (χ1) is 14.1. The zero-order chi connectivity index (χ0) is 19.8. The Balaban J connectivity index is 1.15. The van der Waals surface area contributed by atoms with Crippen LogP contribution in [0.5, 0.6) is 0 Å². The number of aromatic amines is 1. The predicted molar refractivity (Wildman–Crippen MR) is 120 cm³/mol. The summed E-state index contributed by atoms with van der Waals surface area (Å²) >= 11 is 1.71. The average Bonchev–Trinajstić information content (AvgIpc) is 3.29. The van der Waals surface area contributed by atoms with E-state index in [0.29, 0.717) is 0 Å². The molecule has 0 radical (unpaired) electrons. The number of likely N-dealkylation sites (tertiary alicyclic amines) is 1. The highest BCUT2D eigenvalue weighted by Gasteiger charge is 2.58. The number of benzene rings is 2. The van der Waals surface area contributed by atoms with Crippen LogP contribution in [0.4, 0.5) is 5.69 Å². The van der Waals surface area contributed by atoms with Crippen molar-refractivity contribution in [1.29, 1.82) is 0 Å². The van der Waals surface area contributed by atoms with Gasteiger partial charge in [0.2, 0.25) is 5.91 Å². The van der Waals surface area contributed by atoms with Crippen molar-refractivity contribution in [2.45, 2.75) is 30.7 Å². The number of H-pyrrole nitrogens is 1. The Bertz CT molecular complexity index is 985. The van der Waals surface area contributed by atoms with E-state index in [2.05, 4.69) is 63.9 Å². The number of nitrogens with one attached hydrogen (secondary N) is 2. The number of anilines is 1. The zero-order valence-electron chi connectivity index (χ0n) is 16.8. The number of para-hydroxylation sites is 1. The number of amides is 1. The molecule has 5 rings (SSSR count). The third kappa shape index (κ3) is 3.81. The second kappa shape index (κ2) is 7.54. The van der Waals surface area contributed by atoms with Crippen LogP contribution in [-0.2, 0) is 11.3 Å². The summed E-state index contributed by atoms with van der Waals surface area (Å²) < 4.78 is 0. The molecule has 4 nitrogen and oxygen atoms in total. The smallest absolute Gasteiger partial charge is 0.228 e. The summed E-state index contributed by atoms with van der Waals surface area (Å²) in [7, 11) is 0. The fourth-order valence-electron chi connectivity index (χ4n) is 4.79. The molecule has 2 fully saturated rings. The van der Waals surface area contributed by atoms with E-state index in [1.54, 1.807) is 11.8 Å². The van der Waals surface area contributed by atoms with Crippen LogP contribution in [0.1, 0.15) is 25.0 Å². The summed E-state index contributed by atoms with van der Waals surface area (Å²) in [6, 6.07) is 18.8. The molecule has 3 aromatic rings. The Morgan fingerprint density at radius 2 is 1.93 bits per heavy atom. The lowest BCUT2D eigenvalue weighted by atomic mass is 9.90. The standard InChI is InChI=1S/C24H27N3OS/c1-29-20-8-6-18(7-9-20)26-23(28)21-15-24(21)10-12-27(13-11-24)16-19-14-17-4-2-3-5-22(17)25-19/h2-9,14,21,25H,10-13,15-16H2,1H3,(H,26,28). The molecule has 1 spiro atoms. The van der Waals surface area contributed by atoms with Crippen molar-refractivity contribution in [2.24, 2.45) is 11.3 Å². The van der Waals surface area contributed by atoms with Crippen LogP contribution in [0.15, 0.2) is 59.5 Å². The molecule has 1 aliphatic heterocycles. The molecule has 1 unspecified atom stereocenters. The number of fused-ring (bicyclic) bond motifs is 1. The van der Waals surface area contributed by atoms with E-state index >= 15 is 0 Å². The minimum absolute atomic E-state index is 0.179. The van der Waals surface area contributed by atoms with Gasteiger partial charge in [0.05, 0.1) is 0 Å². The van der Waals surface area contributed by atoms with Gasteiger partial charge < -0.3 is 10.3 Å². The Morgan fingerprint density at radius 3 is 2.66 bits per heavy atom. The van der Waals surface area contributed by atoms with E-state index < -0.39 is 0 Å². The summed E-state index contributed by atoms with van der Waals surface area (Å²) in [4.78, 5) is 20.0. The summed E-state index contributed by atoms with van der Waals surface area (Å²) in [5.74, 6) is 0.379. The highest BCUT2D eigenvalue weighted by atomic mass is 32.2. The molecule has 29 heavy (non-hydrogen) atoms. The lowest BCUT2D eigenvalue weighted by molar-refractivity contribution is -0.118. The maximum absolute atomic E-state index is 12.7. The van der Waals surface area contributed by atoms with Crippen molar-refractivity contribution < 1.29 is 4.79 Å². The first-order valence-electron chi connectivity index (χ1n) is 10.4. The van der Waals surface area contributed by atoms with Crippen molar-refractivity contribution in [3.05, 3.63) is 60.3 Å². The molecule has 2 aliphatic rings. The van der Waals surface area contributed by atoms with Crippen molar-refractivity contribution in [2.75, 3.05) is 24.7 Å². The third-order valence-corrected chi connectivity index (χ3v) is 7.44. The number of nitrogens with zero attached hydrogens (tertiary/aromatic N) is 1. The number of aromatic nitrogens is 1. The molecule has 2 aromatic carbocycles. The first kappa shape index (κ1) is 18.8. The van der Waals surface area contributed by atoms with Crippen molar-refractivity contribution in [1.82, 2.24) is 9.88 Å². The maximum Gasteiger partial charge on any atom is 0.228 e. The Labute approximate surface area is 176 Å². The highest BCUT2D eigenvalue weighted by molar-refractivity contribution is 7.98. The predicted octanol–water partition coefficient (Wildman–Crippen LogP) is 5.13. The molecular weight excluding hydrogens is 378 g/mol. The van der Waals surface area contributed by atoms with E-state index in [0.717, 1.165) is 44.6 Å². The summed E-state index contributed by atoms with van der Waals surface area (Å²) in [6.45, 7) is 3.10. The molecule has 2 N–H and O–H groups in total. The van der Waals surface area contributed by atoms with Crippen LogP contribution in [-0.4, -0.2) is 35.1 Å². The third-order valence-electron chi connectivity index (χ3n) is 6.70. The fourth-order valence-corrected chi connectivity index (χ4v) is 5.20. The van der Waals surface area contributed by atoms with Crippen LogP contribution >= 0.6 is 11.8 Å². The second-order valence-electron chi connectivity index (χ2n) is 8.49. The van der Waals surface area contributed by atoms with Gasteiger partial charge in [0.15, 0.2) is 0 Å². The van der Waals surface area contributed by atoms with Gasteiger partial charge in [-0.3, -0.25) is 9.69 Å². The Kier molecular flexibility index (Phi) is 4.88. The molecule has 1 aromatic heterocycles. The summed E-state index contributed by atoms with van der Waals surface area (Å²) in [5.41, 5.74) is 3.63. The summed E-state index contributed by atoms with van der Waals surface area (Å²) in [5, 5.41) is 4.40. The van der Waals surface area contributed by atoms with E-state index in [-0.39, 0.29) is 17.2 Å². The van der Waals surface area contributed by atoms with Crippen LogP contribution in [0.3, 0.4) is 0 Å². The molecule has 1 saturated carbocycles. The molecule has 150 valence electrons. The second-order valence-corrected chi connectivity index (χ2v) is 9.37. The normalized spacial score (nSPS) is 20.8. The van der Waals surface area contributed by atoms with E-state index in [9.17, 15) is 4.79 Å². The largest absolute Gasteiger partial charge is 0.357 e. The van der Waals surface area contributed by atoms with Gasteiger partial charge in [-0.2, -0.15) is 0 Å². The van der Waals surface area contributed by atoms with Gasteiger partial charge in [-0.1, -0.05) is 18.2 Å². The lowest BCUT2D eigenvalue weighted by Crippen LogP contribution is -2.35. The van der Waals surface area contributed by atoms with Crippen LogP contribution < -0.4 is 5.32 Å². The zero-order valence-corrected chi connectivity index (χ0v) is 17.6. The van der Waals surface area contributed by atoms with Crippen molar-refractivity contribution >= 4 is 34.3 Å². The molecule has 1 atom stereocenters. The van der Waals surface area contributed by atoms with Gasteiger partial charge in [-0.15, -0.1) is 11.8 Å². The molecule has 2 heterocycles. The summed E-state index contributed by atoms with van der Waals surface area (Å²) in [6.07, 6.45) is 5.35. The van der Waals surface area contributed by atoms with Gasteiger partial charge in [-0.25, -0.2) is 0 Å². The maximum atomic E-state index is 12.7. The quantitative estimate of drug-likeness (QED) is 0.579. The number of rotatable bonds is 5. The minimum atomic E-state index is 0.179. The lowest BCUT2D eigenvalue weighted by Gasteiger charge is -2.32. The van der Waals surface area contributed by atoms with E-state index in [1.807, 2.05) is 12.1 Å². The molecular formula is C24H27N3OS. The Hall–Kier alpha value is -2.24. The average molecular weight is 406 g/mol.